The van der Waals surface area contributed by atoms with Gasteiger partial charge in [-0.1, -0.05) is 36.4 Å². The van der Waals surface area contributed by atoms with E-state index in [9.17, 15) is 9.59 Å². The molecule has 116 valence electrons. The number of carbonyl (C=O) groups excluding carboxylic acids is 2. The topological polar surface area (TPSA) is 55.4 Å². The third-order valence-electron chi connectivity index (χ3n) is 3.93. The van der Waals surface area contributed by atoms with Gasteiger partial charge in [0.15, 0.2) is 5.78 Å². The Hall–Kier alpha value is -2.88. The van der Waals surface area contributed by atoms with Crippen molar-refractivity contribution in [3.8, 4) is 0 Å². The minimum absolute atomic E-state index is 0.0971. The van der Waals surface area contributed by atoms with Crippen LogP contribution in [0.25, 0.3) is 0 Å². The fourth-order valence-corrected chi connectivity index (χ4v) is 2.77. The molecule has 0 amide bonds. The predicted octanol–water partition coefficient (Wildman–Crippen LogP) is 3.18. The number of nitrogens with one attached hydrogen (secondary N) is 1. The van der Waals surface area contributed by atoms with Gasteiger partial charge in [-0.2, -0.15) is 0 Å². The largest absolute Gasteiger partial charge is 0.465 e. The smallest absolute Gasteiger partial charge is 0.337 e. The van der Waals surface area contributed by atoms with E-state index in [0.717, 1.165) is 11.3 Å². The van der Waals surface area contributed by atoms with Crippen molar-refractivity contribution in [3.63, 3.8) is 0 Å². The van der Waals surface area contributed by atoms with E-state index < -0.39 is 0 Å². The zero-order chi connectivity index (χ0) is 16.2. The molecule has 1 aliphatic carbocycles. The fraction of sp³-hybridized carbons (Fsp3) is 0.158. The Labute approximate surface area is 134 Å². The van der Waals surface area contributed by atoms with Crippen LogP contribution in [0.5, 0.6) is 0 Å². The van der Waals surface area contributed by atoms with E-state index in [1.54, 1.807) is 18.2 Å². The molecule has 0 unspecified atom stereocenters. The summed E-state index contributed by atoms with van der Waals surface area (Å²) in [5, 5.41) is 3.34. The molecule has 1 aliphatic rings. The first kappa shape index (κ1) is 15.0. The van der Waals surface area contributed by atoms with Gasteiger partial charge >= 0.3 is 5.97 Å². The Morgan fingerprint density at radius 1 is 1.04 bits per heavy atom. The summed E-state index contributed by atoms with van der Waals surface area (Å²) >= 11 is 0. The lowest BCUT2D eigenvalue weighted by molar-refractivity contribution is -0.115. The van der Waals surface area contributed by atoms with E-state index in [0.29, 0.717) is 5.56 Å². The van der Waals surface area contributed by atoms with Crippen LogP contribution in [0.3, 0.4) is 0 Å². The van der Waals surface area contributed by atoms with Gasteiger partial charge in [-0.3, -0.25) is 4.79 Å². The number of rotatable bonds is 4. The zero-order valence-electron chi connectivity index (χ0n) is 12.7. The van der Waals surface area contributed by atoms with E-state index in [1.807, 2.05) is 48.5 Å². The number of carbonyl (C=O) groups is 2. The van der Waals surface area contributed by atoms with Gasteiger partial charge in [0.25, 0.3) is 0 Å². The second-order valence-corrected chi connectivity index (χ2v) is 5.39. The molecular formula is C19H17NO3. The number of hydrogen-bond donors (Lipinski definition) is 1. The number of ether oxygens (including phenoxy) is 1. The van der Waals surface area contributed by atoms with Gasteiger partial charge in [-0.15, -0.1) is 0 Å². The van der Waals surface area contributed by atoms with Crippen LogP contribution < -0.4 is 5.32 Å². The average Bonchev–Trinajstić information content (AvgIpc) is 2.96. The van der Waals surface area contributed by atoms with Crippen molar-refractivity contribution in [2.45, 2.75) is 12.0 Å². The Balaban J connectivity index is 1.77. The number of allylic oxidation sites excluding steroid dienone is 1. The molecule has 4 nitrogen and oxygen atoms in total. The molecule has 2 aromatic carbocycles. The molecule has 0 aliphatic heterocycles. The molecule has 0 aromatic heterocycles. The van der Waals surface area contributed by atoms with Gasteiger partial charge in [0.1, 0.15) is 0 Å². The van der Waals surface area contributed by atoms with Crippen LogP contribution in [-0.2, 0) is 9.53 Å². The second-order valence-electron chi connectivity index (χ2n) is 5.39. The van der Waals surface area contributed by atoms with Gasteiger partial charge in [0.2, 0.25) is 0 Å². The highest BCUT2D eigenvalue weighted by molar-refractivity contribution is 5.99. The Morgan fingerprint density at radius 2 is 1.74 bits per heavy atom. The summed E-state index contributed by atoms with van der Waals surface area (Å²) in [5.74, 6) is -0.494. The Bertz CT molecular complexity index is 735. The highest BCUT2D eigenvalue weighted by Crippen LogP contribution is 2.29. The number of benzene rings is 2. The Morgan fingerprint density at radius 3 is 2.39 bits per heavy atom. The maximum atomic E-state index is 12.2. The lowest BCUT2D eigenvalue weighted by Crippen LogP contribution is -2.26. The summed E-state index contributed by atoms with van der Waals surface area (Å²) < 4.78 is 4.68. The minimum atomic E-state index is -0.366. The molecule has 0 fully saturated rings. The summed E-state index contributed by atoms with van der Waals surface area (Å²) in [6.07, 6.45) is 3.51. The molecule has 0 bridgehead atoms. The molecule has 4 heteroatoms. The lowest BCUT2D eigenvalue weighted by Gasteiger charge is -2.21. The highest BCUT2D eigenvalue weighted by atomic mass is 16.5. The molecule has 0 saturated heterocycles. The standard InChI is InChI=1S/C19H17NO3/c1-23-19(22)14-7-9-15(10-8-14)20-16-11-12-17(21)18(16)13-5-3-2-4-6-13/h2-12,16,18,20H,1H3/t16-,18+/m1/s1. The van der Waals surface area contributed by atoms with Crippen molar-refractivity contribution in [3.05, 3.63) is 77.9 Å². The molecule has 2 atom stereocenters. The maximum absolute atomic E-state index is 12.2. The summed E-state index contributed by atoms with van der Waals surface area (Å²) in [7, 11) is 1.36. The van der Waals surface area contributed by atoms with Gasteiger partial charge in [-0.25, -0.2) is 4.79 Å². The summed E-state index contributed by atoms with van der Waals surface area (Å²) in [6.45, 7) is 0. The summed E-state index contributed by atoms with van der Waals surface area (Å²) in [6, 6.07) is 16.6. The van der Waals surface area contributed by atoms with Crippen LogP contribution >= 0.6 is 0 Å². The molecule has 1 N–H and O–H groups in total. The molecule has 23 heavy (non-hydrogen) atoms. The Kier molecular flexibility index (Phi) is 4.24. The first-order chi connectivity index (χ1) is 11.2. The van der Waals surface area contributed by atoms with Gasteiger partial charge in [0.05, 0.1) is 24.6 Å². The zero-order valence-corrected chi connectivity index (χ0v) is 12.7. The third-order valence-corrected chi connectivity index (χ3v) is 3.93. The number of esters is 1. The van der Waals surface area contributed by atoms with Crippen molar-refractivity contribution in [2.75, 3.05) is 12.4 Å². The van der Waals surface area contributed by atoms with Crippen LogP contribution in [-0.4, -0.2) is 24.9 Å². The number of ketones is 1. The van der Waals surface area contributed by atoms with E-state index >= 15 is 0 Å². The highest BCUT2D eigenvalue weighted by Gasteiger charge is 2.31. The molecule has 0 radical (unpaired) electrons. The van der Waals surface area contributed by atoms with E-state index in [2.05, 4.69) is 10.1 Å². The van der Waals surface area contributed by atoms with Crippen LogP contribution in [0, 0.1) is 0 Å². The van der Waals surface area contributed by atoms with Crippen LogP contribution in [0.2, 0.25) is 0 Å². The van der Waals surface area contributed by atoms with Crippen LogP contribution in [0.4, 0.5) is 5.69 Å². The first-order valence-corrected chi connectivity index (χ1v) is 7.41. The SMILES string of the molecule is COC(=O)c1ccc(N[C@@H]2C=CC(=O)[C@H]2c2ccccc2)cc1. The lowest BCUT2D eigenvalue weighted by atomic mass is 9.92. The molecule has 0 spiro atoms. The number of hydrogen-bond acceptors (Lipinski definition) is 4. The van der Waals surface area contributed by atoms with Gasteiger partial charge in [0, 0.05) is 5.69 Å². The molecule has 2 aromatic rings. The van der Waals surface area contributed by atoms with E-state index in [4.69, 9.17) is 0 Å². The van der Waals surface area contributed by atoms with E-state index in [1.165, 1.54) is 7.11 Å². The third kappa shape index (κ3) is 3.16. The minimum Gasteiger partial charge on any atom is -0.465 e. The van der Waals surface area contributed by atoms with Crippen molar-refractivity contribution in [1.29, 1.82) is 0 Å². The predicted molar refractivity (Wildman–Crippen MR) is 88.5 cm³/mol. The molecular weight excluding hydrogens is 290 g/mol. The fourth-order valence-electron chi connectivity index (χ4n) is 2.77. The van der Waals surface area contributed by atoms with Crippen molar-refractivity contribution < 1.29 is 14.3 Å². The maximum Gasteiger partial charge on any atom is 0.337 e. The second kappa shape index (κ2) is 6.48. The van der Waals surface area contributed by atoms with E-state index in [-0.39, 0.29) is 23.7 Å². The quantitative estimate of drug-likeness (QED) is 0.882. The normalized spacial score (nSPS) is 19.6. The van der Waals surface area contributed by atoms with Gasteiger partial charge in [-0.05, 0) is 35.9 Å². The molecule has 0 heterocycles. The summed E-state index contributed by atoms with van der Waals surface area (Å²) in [4.78, 5) is 23.6. The summed E-state index contributed by atoms with van der Waals surface area (Å²) in [5.41, 5.74) is 2.34. The van der Waals surface area contributed by atoms with Crippen molar-refractivity contribution in [1.82, 2.24) is 0 Å². The molecule has 0 saturated carbocycles. The average molecular weight is 307 g/mol. The van der Waals surface area contributed by atoms with Crippen molar-refractivity contribution >= 4 is 17.4 Å². The monoisotopic (exact) mass is 307 g/mol. The first-order valence-electron chi connectivity index (χ1n) is 7.41. The van der Waals surface area contributed by atoms with Crippen molar-refractivity contribution in [2.24, 2.45) is 0 Å². The van der Waals surface area contributed by atoms with Gasteiger partial charge < -0.3 is 10.1 Å². The van der Waals surface area contributed by atoms with Crippen LogP contribution in [0.1, 0.15) is 21.8 Å². The number of anilines is 1. The number of methoxy groups -OCH3 is 1. The molecule has 3 rings (SSSR count). The van der Waals surface area contributed by atoms with Crippen LogP contribution in [0.15, 0.2) is 66.7 Å².